The molecule has 0 heterocycles. The highest BCUT2D eigenvalue weighted by molar-refractivity contribution is 5.89. The van der Waals surface area contributed by atoms with Gasteiger partial charge in [0.15, 0.2) is 13.2 Å². The predicted octanol–water partition coefficient (Wildman–Crippen LogP) is 18.8. The Morgan fingerprint density at radius 3 is 1.18 bits per heavy atom. The molecular weight excluding hydrogens is 1310 g/mol. The number of esters is 4. The number of aromatic hydroxyl groups is 2. The van der Waals surface area contributed by atoms with Crippen molar-refractivity contribution >= 4 is 85.0 Å². The lowest BCUT2D eigenvalue weighted by Gasteiger charge is -2.11. The Hall–Kier alpha value is -10.7. The summed E-state index contributed by atoms with van der Waals surface area (Å²) in [5.41, 5.74) is 2.25. The second-order valence-electron chi connectivity index (χ2n) is 20.7. The van der Waals surface area contributed by atoms with Crippen molar-refractivity contribution < 1.29 is 122 Å². The van der Waals surface area contributed by atoms with E-state index in [2.05, 4.69) is 55.2 Å². The van der Waals surface area contributed by atoms with E-state index in [9.17, 15) is 65.3 Å². The van der Waals surface area contributed by atoms with Gasteiger partial charge in [0, 0.05) is 30.4 Å². The maximum atomic E-state index is 12.0. The number of alkyl halides is 6. The quantitative estimate of drug-likeness (QED) is 0.0226. The molecule has 0 fully saturated rings. The van der Waals surface area contributed by atoms with Gasteiger partial charge in [-0.25, -0.2) is 19.2 Å². The molecule has 0 saturated carbocycles. The highest BCUT2D eigenvalue weighted by atomic mass is 20.0. The van der Waals surface area contributed by atoms with Gasteiger partial charge in [0.25, 0.3) is 0 Å². The molecule has 98 heavy (non-hydrogen) atoms. The molecule has 0 radical (unpaired) electrons. The molecule has 0 saturated heterocycles. The molecule has 0 amide bonds. The van der Waals surface area contributed by atoms with Crippen molar-refractivity contribution in [2.45, 2.75) is 91.9 Å². The minimum absolute atomic E-state index is 0.0967. The molecule has 4 N–H and O–H groups in total. The minimum Gasteiger partial charge on any atom is -0.508 e. The zero-order valence-corrected chi connectivity index (χ0v) is 54.3. The summed E-state index contributed by atoms with van der Waals surface area (Å²) in [6.45, 7) is 19.4. The number of phenols is 2. The Labute approximate surface area is 558 Å². The summed E-state index contributed by atoms with van der Waals surface area (Å²) in [6, 6.07) is 43.2. The first-order chi connectivity index (χ1) is 46.4. The summed E-state index contributed by atoms with van der Waals surface area (Å²) >= 11 is 0. The van der Waals surface area contributed by atoms with Gasteiger partial charge < -0.3 is 48.8 Å². The van der Waals surface area contributed by atoms with E-state index in [4.69, 9.17) is 47.5 Å². The van der Waals surface area contributed by atoms with E-state index >= 15 is 0 Å². The molecule has 0 aliphatic rings. The number of carbonyl (C=O) groups excluding carboxylic acids is 4. The normalized spacial score (nSPS) is 11.2. The molecule has 8 aromatic rings. The fourth-order valence-electron chi connectivity index (χ4n) is 7.53. The lowest BCUT2D eigenvalue weighted by molar-refractivity contribution is -0.162. The third kappa shape index (κ3) is 34.1. The van der Waals surface area contributed by atoms with Crippen LogP contribution in [-0.2, 0) is 38.2 Å². The molecule has 0 aliphatic heterocycles. The monoisotopic (exact) mass is 1390 g/mol. The summed E-state index contributed by atoms with van der Waals surface area (Å²) in [7, 11) is 0. The molecule has 0 bridgehead atoms. The predicted molar refractivity (Wildman–Crippen MR) is 352 cm³/mol. The number of rotatable bonds is 21. The fourth-order valence-corrected chi connectivity index (χ4v) is 7.53. The third-order valence-corrected chi connectivity index (χ3v) is 13.5. The van der Waals surface area contributed by atoms with Crippen LogP contribution in [0.15, 0.2) is 177 Å². The van der Waals surface area contributed by atoms with Crippen molar-refractivity contribution in [3.63, 3.8) is 0 Å². The number of hydrogen-bond acceptors (Lipinski definition) is 14. The van der Waals surface area contributed by atoms with Crippen molar-refractivity contribution in [1.29, 1.82) is 0 Å². The summed E-state index contributed by atoms with van der Waals surface area (Å²) in [4.78, 5) is 64.6. The summed E-state index contributed by atoms with van der Waals surface area (Å²) in [5.74, 6) is -1.49. The number of carbonyl (C=O) groups is 6. The van der Waals surface area contributed by atoms with Crippen LogP contribution in [0.2, 0.25) is 0 Å². The van der Waals surface area contributed by atoms with E-state index in [0.717, 1.165) is 80.1 Å². The van der Waals surface area contributed by atoms with Gasteiger partial charge in [-0.2, -0.15) is 26.3 Å². The second-order valence-corrected chi connectivity index (χ2v) is 20.7. The van der Waals surface area contributed by atoms with Crippen LogP contribution in [0, 0.1) is 11.8 Å². The van der Waals surface area contributed by atoms with Gasteiger partial charge in [-0.05, 0) is 158 Å². The van der Waals surface area contributed by atoms with E-state index in [-0.39, 0.29) is 29.3 Å². The van der Waals surface area contributed by atoms with Gasteiger partial charge in [-0.15, -0.1) is 0 Å². The van der Waals surface area contributed by atoms with Gasteiger partial charge in [0.05, 0.1) is 24.7 Å². The number of fused-ring (bicyclic) bond motifs is 4. The summed E-state index contributed by atoms with van der Waals surface area (Å²) in [6.07, 6.45) is -4.79. The number of halogens is 10. The van der Waals surface area contributed by atoms with E-state index in [1.165, 1.54) is 5.56 Å². The van der Waals surface area contributed by atoms with Crippen LogP contribution in [0.4, 0.5) is 44.6 Å². The summed E-state index contributed by atoms with van der Waals surface area (Å²) < 4.78 is 134. The average Bonchev–Trinajstić information content (AvgIpc) is 0.872. The molecule has 530 valence electrons. The number of aliphatic carboxylic acids is 2. The highest BCUT2D eigenvalue weighted by Crippen LogP contribution is 2.30. The Morgan fingerprint density at radius 2 is 0.816 bits per heavy atom. The molecule has 16 nitrogen and oxygen atoms in total. The lowest BCUT2D eigenvalue weighted by Crippen LogP contribution is -2.19. The average molecular weight is 1390 g/mol. The lowest BCUT2D eigenvalue weighted by atomic mass is 9.96. The van der Waals surface area contributed by atoms with E-state index in [1.807, 2.05) is 63.2 Å². The van der Waals surface area contributed by atoms with E-state index in [1.54, 1.807) is 104 Å². The SMILES string of the molecule is C=CC(=O)O.C=CC(=O)Oc1ccc2cc(O)ccc2c1.C=Cc1ccc2cc(OCC(=O)OCCC(F)(F)F)ccc2c1.CCC(C)C(=O)O.CCC(C)C(=O)Oc1ccc2cc(O)ccc2c1.CCC(C)c1ccc2cc(OCC(=O)OCCC(F)(F)F)ccc2c1.FF.FF. The Kier molecular flexibility index (Phi) is 39.1. The Bertz CT molecular complexity index is 3860. The molecule has 8 rings (SSSR count). The molecule has 3 unspecified atom stereocenters. The zero-order chi connectivity index (χ0) is 74.1. The first-order valence-corrected chi connectivity index (χ1v) is 29.7. The van der Waals surface area contributed by atoms with Crippen molar-refractivity contribution in [1.82, 2.24) is 0 Å². The van der Waals surface area contributed by atoms with E-state index < -0.39 is 81.5 Å². The van der Waals surface area contributed by atoms with Crippen LogP contribution in [0.3, 0.4) is 0 Å². The van der Waals surface area contributed by atoms with Crippen molar-refractivity contribution in [2.75, 3.05) is 26.4 Å². The minimum atomic E-state index is -4.34. The van der Waals surface area contributed by atoms with Gasteiger partial charge in [-0.1, -0.05) is 134 Å². The number of carboxylic acids is 2. The Morgan fingerprint density at radius 1 is 0.459 bits per heavy atom. The van der Waals surface area contributed by atoms with Gasteiger partial charge in [0.2, 0.25) is 0 Å². The number of phenolic OH excluding ortho intramolecular Hbond substituents is 2. The van der Waals surface area contributed by atoms with Crippen LogP contribution in [0.25, 0.3) is 49.2 Å². The molecule has 26 heteroatoms. The smallest absolute Gasteiger partial charge is 0.392 e. The molecule has 0 aromatic heterocycles. The zero-order valence-electron chi connectivity index (χ0n) is 54.3. The Balaban J connectivity index is 0.000000613. The topological polar surface area (TPSA) is 239 Å². The maximum Gasteiger partial charge on any atom is 0.392 e. The molecule has 8 aromatic carbocycles. The molecule has 0 aliphatic carbocycles. The molecular formula is C72H76F10O16. The van der Waals surface area contributed by atoms with Gasteiger partial charge >= 0.3 is 48.2 Å². The van der Waals surface area contributed by atoms with Gasteiger partial charge in [-0.3, -0.25) is 9.59 Å². The first-order valence-electron chi connectivity index (χ1n) is 29.7. The van der Waals surface area contributed by atoms with Crippen LogP contribution in [0.1, 0.15) is 90.7 Å². The van der Waals surface area contributed by atoms with Crippen LogP contribution < -0.4 is 18.9 Å². The standard InChI is InChI=1S/C19H21F3O3.C17H15F3O3.C15H16O3.C13H10O3.C5H10O2.C3H4O2.2F2/c1-3-13(2)14-4-5-16-11-17(7-6-15(16)10-14)25-12-18(23)24-9-8-19(20,21)22;1-2-12-3-4-14-10-15(6-5-13(14)9-12)23-11-16(21)22-8-7-17(18,19)20;1-3-10(2)15(17)18-14-7-5-11-8-13(16)6-4-12(11)9-14;1-2-13(15)16-12-6-4-9-7-11(14)5-3-10(9)8-12;1-3-4(2)5(6)7;1-2-3(4)5;2*1-2/h4-7,10-11,13H,3,8-9,12H2,1-2H3;2-6,9-10H,1,7-8,11H2;4-10,16H,3H2,1-2H3;2-8,14H,1H2;4H,3H2,1-2H3,(H,6,7);2H,1H2,(H,4,5);;. The first kappa shape index (κ1) is 85.4. The van der Waals surface area contributed by atoms with Gasteiger partial charge in [0.1, 0.15) is 47.7 Å². The molecule has 3 atom stereocenters. The van der Waals surface area contributed by atoms with Crippen molar-refractivity contribution in [3.8, 4) is 34.5 Å². The van der Waals surface area contributed by atoms with Crippen molar-refractivity contribution in [2.24, 2.45) is 11.8 Å². The largest absolute Gasteiger partial charge is 0.508 e. The fraction of sp³-hybridized carbons (Fsp3) is 0.278. The number of hydrogen-bond donors (Lipinski definition) is 4. The molecule has 0 spiro atoms. The maximum absolute atomic E-state index is 12.0. The summed E-state index contributed by atoms with van der Waals surface area (Å²) in [5, 5.41) is 42.0. The van der Waals surface area contributed by atoms with E-state index in [0.29, 0.717) is 28.9 Å². The number of benzene rings is 8. The van der Waals surface area contributed by atoms with Crippen LogP contribution >= 0.6 is 0 Å². The number of carboxylic acid groups (broad SMARTS) is 2. The highest BCUT2D eigenvalue weighted by Gasteiger charge is 2.28. The van der Waals surface area contributed by atoms with Crippen LogP contribution in [-0.4, -0.2) is 95.0 Å². The third-order valence-electron chi connectivity index (χ3n) is 13.5. The van der Waals surface area contributed by atoms with Crippen molar-refractivity contribution in [3.05, 3.63) is 189 Å². The number of ether oxygens (including phenoxy) is 6. The van der Waals surface area contributed by atoms with Crippen LogP contribution in [0.5, 0.6) is 34.5 Å². The second kappa shape index (κ2) is 44.9.